The number of azo groups is 1. The number of carbonyl (C=O) groups is 2. The third kappa shape index (κ3) is 3.63. The molecular formula is C14H11N3O4. The molecule has 2 aromatic rings. The van der Waals surface area contributed by atoms with Crippen molar-refractivity contribution in [3.05, 3.63) is 53.6 Å². The van der Waals surface area contributed by atoms with Gasteiger partial charge in [-0.25, -0.2) is 9.59 Å². The molecule has 0 fully saturated rings. The summed E-state index contributed by atoms with van der Waals surface area (Å²) >= 11 is 0. The van der Waals surface area contributed by atoms with Gasteiger partial charge in [0.1, 0.15) is 0 Å². The largest absolute Gasteiger partial charge is 0.478 e. The Morgan fingerprint density at radius 2 is 1.43 bits per heavy atom. The molecule has 0 amide bonds. The summed E-state index contributed by atoms with van der Waals surface area (Å²) in [6.45, 7) is 0. The van der Waals surface area contributed by atoms with Gasteiger partial charge in [-0.05, 0) is 36.4 Å². The van der Waals surface area contributed by atoms with Crippen molar-refractivity contribution in [3.8, 4) is 0 Å². The van der Waals surface area contributed by atoms with Crippen molar-refractivity contribution in [2.24, 2.45) is 10.2 Å². The first kappa shape index (κ1) is 14.2. The van der Waals surface area contributed by atoms with Gasteiger partial charge in [-0.3, -0.25) is 0 Å². The summed E-state index contributed by atoms with van der Waals surface area (Å²) in [7, 11) is 0. The van der Waals surface area contributed by atoms with Crippen LogP contribution < -0.4 is 5.73 Å². The van der Waals surface area contributed by atoms with Gasteiger partial charge >= 0.3 is 11.9 Å². The molecule has 106 valence electrons. The van der Waals surface area contributed by atoms with Crippen molar-refractivity contribution in [1.29, 1.82) is 0 Å². The second-order valence-electron chi connectivity index (χ2n) is 4.17. The number of rotatable bonds is 4. The molecule has 4 N–H and O–H groups in total. The average Bonchev–Trinajstić information content (AvgIpc) is 2.45. The van der Waals surface area contributed by atoms with Crippen LogP contribution in [0, 0.1) is 0 Å². The maximum atomic E-state index is 11.0. The highest BCUT2D eigenvalue weighted by Gasteiger charge is 2.11. The Hall–Kier alpha value is -3.22. The van der Waals surface area contributed by atoms with E-state index in [1.807, 2.05) is 0 Å². The zero-order chi connectivity index (χ0) is 15.4. The van der Waals surface area contributed by atoms with Crippen LogP contribution in [0.1, 0.15) is 20.7 Å². The molecule has 7 heteroatoms. The molecule has 0 radical (unpaired) electrons. The first-order valence-electron chi connectivity index (χ1n) is 5.84. The lowest BCUT2D eigenvalue weighted by Crippen LogP contribution is -2.01. The molecule has 0 saturated carbocycles. The molecular weight excluding hydrogens is 274 g/mol. The van der Waals surface area contributed by atoms with Crippen LogP contribution in [-0.4, -0.2) is 22.2 Å². The lowest BCUT2D eigenvalue weighted by atomic mass is 10.1. The van der Waals surface area contributed by atoms with Crippen LogP contribution in [0.5, 0.6) is 0 Å². The van der Waals surface area contributed by atoms with Crippen LogP contribution in [0.15, 0.2) is 52.7 Å². The van der Waals surface area contributed by atoms with Crippen molar-refractivity contribution < 1.29 is 19.8 Å². The summed E-state index contributed by atoms with van der Waals surface area (Å²) in [5.41, 5.74) is 6.38. The van der Waals surface area contributed by atoms with Crippen molar-refractivity contribution in [3.63, 3.8) is 0 Å². The minimum absolute atomic E-state index is 0.134. The quantitative estimate of drug-likeness (QED) is 0.587. The minimum atomic E-state index is -1.24. The van der Waals surface area contributed by atoms with Crippen LogP contribution in [0.2, 0.25) is 0 Å². The SMILES string of the molecule is Nc1cccc(N=Nc2cc(C(=O)O)cc(C(=O)O)c2)c1. The zero-order valence-corrected chi connectivity index (χ0v) is 10.7. The Labute approximate surface area is 119 Å². The number of carboxylic acid groups (broad SMARTS) is 2. The third-order valence-electron chi connectivity index (χ3n) is 2.56. The van der Waals surface area contributed by atoms with Gasteiger partial charge in [0, 0.05) is 5.69 Å². The van der Waals surface area contributed by atoms with Crippen LogP contribution in [-0.2, 0) is 0 Å². The van der Waals surface area contributed by atoms with Gasteiger partial charge in [0.25, 0.3) is 0 Å². The smallest absolute Gasteiger partial charge is 0.335 e. The maximum Gasteiger partial charge on any atom is 0.335 e. The summed E-state index contributed by atoms with van der Waals surface area (Å²) < 4.78 is 0. The molecule has 0 aliphatic carbocycles. The molecule has 0 saturated heterocycles. The maximum absolute atomic E-state index is 11.0. The Bertz CT molecular complexity index is 708. The number of nitrogens with zero attached hydrogens (tertiary/aromatic N) is 2. The molecule has 0 atom stereocenters. The highest BCUT2D eigenvalue weighted by Crippen LogP contribution is 2.22. The molecule has 0 aromatic heterocycles. The van der Waals surface area contributed by atoms with Gasteiger partial charge in [0.15, 0.2) is 0 Å². The van der Waals surface area contributed by atoms with E-state index < -0.39 is 11.9 Å². The highest BCUT2D eigenvalue weighted by atomic mass is 16.4. The van der Waals surface area contributed by atoms with Crippen molar-refractivity contribution in [1.82, 2.24) is 0 Å². The second kappa shape index (κ2) is 5.83. The third-order valence-corrected chi connectivity index (χ3v) is 2.56. The number of hydrogen-bond donors (Lipinski definition) is 3. The number of aromatic carboxylic acids is 2. The van der Waals surface area contributed by atoms with Gasteiger partial charge in [0.05, 0.1) is 22.5 Å². The molecule has 0 aliphatic rings. The van der Waals surface area contributed by atoms with E-state index in [1.54, 1.807) is 24.3 Å². The van der Waals surface area contributed by atoms with E-state index in [9.17, 15) is 9.59 Å². The van der Waals surface area contributed by atoms with Crippen LogP contribution in [0.25, 0.3) is 0 Å². The van der Waals surface area contributed by atoms with E-state index in [2.05, 4.69) is 10.2 Å². The van der Waals surface area contributed by atoms with Crippen LogP contribution in [0.3, 0.4) is 0 Å². The number of hydrogen-bond acceptors (Lipinski definition) is 5. The lowest BCUT2D eigenvalue weighted by Gasteiger charge is -2.00. The monoisotopic (exact) mass is 285 g/mol. The van der Waals surface area contributed by atoms with Gasteiger partial charge in [-0.2, -0.15) is 10.2 Å². The molecule has 21 heavy (non-hydrogen) atoms. The van der Waals surface area contributed by atoms with E-state index in [1.165, 1.54) is 12.1 Å². The molecule has 2 rings (SSSR count). The summed E-state index contributed by atoms with van der Waals surface area (Å²) in [6.07, 6.45) is 0. The Morgan fingerprint density at radius 3 is 1.95 bits per heavy atom. The molecule has 0 spiro atoms. The van der Waals surface area contributed by atoms with Gasteiger partial charge < -0.3 is 15.9 Å². The van der Waals surface area contributed by atoms with Crippen molar-refractivity contribution in [2.75, 3.05) is 5.73 Å². The zero-order valence-electron chi connectivity index (χ0n) is 10.7. The minimum Gasteiger partial charge on any atom is -0.478 e. The number of nitrogens with two attached hydrogens (primary N) is 1. The van der Waals surface area contributed by atoms with E-state index in [4.69, 9.17) is 15.9 Å². The van der Waals surface area contributed by atoms with Crippen molar-refractivity contribution in [2.45, 2.75) is 0 Å². The van der Waals surface area contributed by atoms with Gasteiger partial charge in [-0.1, -0.05) is 6.07 Å². The Morgan fingerprint density at radius 1 is 0.857 bits per heavy atom. The fourth-order valence-corrected chi connectivity index (χ4v) is 1.62. The molecule has 0 bridgehead atoms. The Balaban J connectivity index is 2.39. The van der Waals surface area contributed by atoms with Crippen molar-refractivity contribution >= 4 is 29.0 Å². The molecule has 0 heterocycles. The van der Waals surface area contributed by atoms with Gasteiger partial charge in [-0.15, -0.1) is 0 Å². The highest BCUT2D eigenvalue weighted by molar-refractivity contribution is 5.95. The standard InChI is InChI=1S/C14H11N3O4/c15-10-2-1-3-11(7-10)16-17-12-5-8(13(18)19)4-9(6-12)14(20)21/h1-7H,15H2,(H,18,19)(H,20,21). The Kier molecular flexibility index (Phi) is 3.94. The van der Waals surface area contributed by atoms with E-state index in [0.29, 0.717) is 11.4 Å². The molecule has 0 unspecified atom stereocenters. The number of anilines is 1. The summed E-state index contributed by atoms with van der Waals surface area (Å²) in [5, 5.41) is 25.7. The topological polar surface area (TPSA) is 125 Å². The molecule has 0 aliphatic heterocycles. The summed E-state index contributed by atoms with van der Waals surface area (Å²) in [5.74, 6) is -2.47. The van der Waals surface area contributed by atoms with Gasteiger partial charge in [0.2, 0.25) is 0 Å². The second-order valence-corrected chi connectivity index (χ2v) is 4.17. The normalized spacial score (nSPS) is 10.7. The number of benzene rings is 2. The fraction of sp³-hybridized carbons (Fsp3) is 0. The summed E-state index contributed by atoms with van der Waals surface area (Å²) in [6, 6.07) is 10.2. The average molecular weight is 285 g/mol. The number of carboxylic acids is 2. The molecule has 2 aromatic carbocycles. The van der Waals surface area contributed by atoms with E-state index >= 15 is 0 Å². The summed E-state index contributed by atoms with van der Waals surface area (Å²) in [4.78, 5) is 21.9. The molecule has 7 nitrogen and oxygen atoms in total. The first-order valence-corrected chi connectivity index (χ1v) is 5.84. The van der Waals surface area contributed by atoms with Crippen LogP contribution >= 0.6 is 0 Å². The van der Waals surface area contributed by atoms with E-state index in [0.717, 1.165) is 6.07 Å². The predicted octanol–water partition coefficient (Wildman–Crippen LogP) is 3.08. The fourth-order valence-electron chi connectivity index (χ4n) is 1.62. The lowest BCUT2D eigenvalue weighted by molar-refractivity contribution is 0.0696. The number of nitrogen functional groups attached to an aromatic ring is 1. The van der Waals surface area contributed by atoms with Crippen LogP contribution in [0.4, 0.5) is 17.1 Å². The van der Waals surface area contributed by atoms with E-state index in [-0.39, 0.29) is 16.8 Å². The predicted molar refractivity (Wildman–Crippen MR) is 75.4 cm³/mol. The first-order chi connectivity index (χ1) is 9.95.